The van der Waals surface area contributed by atoms with Gasteiger partial charge in [-0.25, -0.2) is 0 Å². The fourth-order valence-corrected chi connectivity index (χ4v) is 2.90. The monoisotopic (exact) mass is 357 g/mol. The normalized spacial score (nSPS) is 15.4. The molecule has 2 aromatic rings. The van der Waals surface area contributed by atoms with Crippen LogP contribution in [0, 0.1) is 5.92 Å². The fraction of sp³-hybridized carbons (Fsp3) is 0.294. The standard InChI is InChI=1S/C17H18Cl3NO/c1-10(8-11-4-2-3-5-13(11)18)16(21)17(22)12-6-7-14(19)15(20)9-12/h2-7,9-10,16-17,22H,8,21H2,1H3/t10?,16-,17-/m1/s1. The molecular weight excluding hydrogens is 341 g/mol. The third-order valence-electron chi connectivity index (χ3n) is 3.81. The Labute approximate surface area is 145 Å². The van der Waals surface area contributed by atoms with Crippen molar-refractivity contribution in [3.05, 3.63) is 68.7 Å². The van der Waals surface area contributed by atoms with Crippen molar-refractivity contribution in [3.8, 4) is 0 Å². The lowest BCUT2D eigenvalue weighted by Crippen LogP contribution is -2.36. The Balaban J connectivity index is 2.10. The van der Waals surface area contributed by atoms with Gasteiger partial charge in [0.25, 0.3) is 0 Å². The van der Waals surface area contributed by atoms with Gasteiger partial charge in [0.05, 0.1) is 16.1 Å². The number of hydrogen-bond acceptors (Lipinski definition) is 2. The summed E-state index contributed by atoms with van der Waals surface area (Å²) in [4.78, 5) is 0. The molecular formula is C17H18Cl3NO. The molecule has 3 N–H and O–H groups in total. The summed E-state index contributed by atoms with van der Waals surface area (Å²) in [7, 11) is 0. The number of aliphatic hydroxyl groups is 1. The fourth-order valence-electron chi connectivity index (χ4n) is 2.38. The summed E-state index contributed by atoms with van der Waals surface area (Å²) in [5.74, 6) is 0.0457. The Hall–Kier alpha value is -0.770. The number of aliphatic hydroxyl groups excluding tert-OH is 1. The van der Waals surface area contributed by atoms with Gasteiger partial charge < -0.3 is 10.8 Å². The summed E-state index contributed by atoms with van der Waals surface area (Å²) in [5.41, 5.74) is 7.89. The average molecular weight is 359 g/mol. The van der Waals surface area contributed by atoms with Crippen LogP contribution in [0.1, 0.15) is 24.2 Å². The van der Waals surface area contributed by atoms with Gasteiger partial charge >= 0.3 is 0 Å². The molecule has 0 aliphatic rings. The van der Waals surface area contributed by atoms with E-state index in [9.17, 15) is 5.11 Å². The first-order valence-electron chi connectivity index (χ1n) is 7.02. The molecule has 2 rings (SSSR count). The first kappa shape index (κ1) is 17.6. The maximum Gasteiger partial charge on any atom is 0.0944 e. The van der Waals surface area contributed by atoms with Gasteiger partial charge in [-0.3, -0.25) is 0 Å². The number of benzene rings is 2. The molecule has 3 atom stereocenters. The molecule has 2 nitrogen and oxygen atoms in total. The minimum atomic E-state index is -0.813. The van der Waals surface area contributed by atoms with Crippen molar-refractivity contribution in [2.75, 3.05) is 0 Å². The Morgan fingerprint density at radius 1 is 1.00 bits per heavy atom. The minimum Gasteiger partial charge on any atom is -0.387 e. The summed E-state index contributed by atoms with van der Waals surface area (Å²) < 4.78 is 0. The molecule has 0 aromatic heterocycles. The van der Waals surface area contributed by atoms with E-state index in [0.717, 1.165) is 5.56 Å². The molecule has 0 fully saturated rings. The zero-order valence-electron chi connectivity index (χ0n) is 12.1. The Bertz CT molecular complexity index is 648. The van der Waals surface area contributed by atoms with Crippen LogP contribution >= 0.6 is 34.8 Å². The summed E-state index contributed by atoms with van der Waals surface area (Å²) in [6.07, 6.45) is -0.119. The number of hydrogen-bond donors (Lipinski definition) is 2. The topological polar surface area (TPSA) is 46.2 Å². The van der Waals surface area contributed by atoms with Crippen molar-refractivity contribution in [1.82, 2.24) is 0 Å². The van der Waals surface area contributed by atoms with Crippen molar-refractivity contribution < 1.29 is 5.11 Å². The molecule has 22 heavy (non-hydrogen) atoms. The second kappa shape index (κ2) is 7.67. The van der Waals surface area contributed by atoms with Crippen LogP contribution in [0.2, 0.25) is 15.1 Å². The molecule has 118 valence electrons. The third kappa shape index (κ3) is 4.15. The molecule has 0 heterocycles. The van der Waals surface area contributed by atoms with Crippen LogP contribution in [0.3, 0.4) is 0 Å². The van der Waals surface area contributed by atoms with Crippen molar-refractivity contribution >= 4 is 34.8 Å². The van der Waals surface area contributed by atoms with Gasteiger partial charge in [-0.05, 0) is 41.7 Å². The quantitative estimate of drug-likeness (QED) is 0.799. The lowest BCUT2D eigenvalue weighted by Gasteiger charge is -2.26. The highest BCUT2D eigenvalue weighted by molar-refractivity contribution is 6.42. The average Bonchev–Trinajstić information content (AvgIpc) is 2.50. The zero-order chi connectivity index (χ0) is 16.3. The van der Waals surface area contributed by atoms with Crippen LogP contribution in [0.4, 0.5) is 0 Å². The van der Waals surface area contributed by atoms with Crippen molar-refractivity contribution in [1.29, 1.82) is 0 Å². The SMILES string of the molecule is CC(Cc1ccccc1Cl)[C@@H](N)[C@H](O)c1ccc(Cl)c(Cl)c1. The van der Waals surface area contributed by atoms with Crippen molar-refractivity contribution in [2.45, 2.75) is 25.5 Å². The maximum atomic E-state index is 10.5. The van der Waals surface area contributed by atoms with E-state index < -0.39 is 12.1 Å². The summed E-state index contributed by atoms with van der Waals surface area (Å²) in [6, 6.07) is 12.3. The van der Waals surface area contributed by atoms with Crippen LogP contribution in [0.15, 0.2) is 42.5 Å². The van der Waals surface area contributed by atoms with Crippen LogP contribution < -0.4 is 5.73 Å². The van der Waals surface area contributed by atoms with E-state index in [0.29, 0.717) is 27.1 Å². The number of halogens is 3. The molecule has 0 bridgehead atoms. The Morgan fingerprint density at radius 2 is 1.68 bits per heavy atom. The van der Waals surface area contributed by atoms with Gasteiger partial charge in [-0.15, -0.1) is 0 Å². The lowest BCUT2D eigenvalue weighted by atomic mass is 9.88. The second-order valence-corrected chi connectivity index (χ2v) is 6.69. The predicted molar refractivity (Wildman–Crippen MR) is 93.7 cm³/mol. The molecule has 0 saturated carbocycles. The first-order chi connectivity index (χ1) is 10.4. The van der Waals surface area contributed by atoms with Crippen LogP contribution in [0.5, 0.6) is 0 Å². The molecule has 0 aliphatic carbocycles. The van der Waals surface area contributed by atoms with Crippen molar-refractivity contribution in [2.24, 2.45) is 11.7 Å². The van der Waals surface area contributed by atoms with Gasteiger partial charge in [0.1, 0.15) is 0 Å². The van der Waals surface area contributed by atoms with Gasteiger partial charge in [0.2, 0.25) is 0 Å². The Morgan fingerprint density at radius 3 is 2.32 bits per heavy atom. The highest BCUT2D eigenvalue weighted by atomic mass is 35.5. The smallest absolute Gasteiger partial charge is 0.0944 e. The molecule has 0 aliphatic heterocycles. The first-order valence-corrected chi connectivity index (χ1v) is 8.15. The zero-order valence-corrected chi connectivity index (χ0v) is 14.4. The summed E-state index contributed by atoms with van der Waals surface area (Å²) >= 11 is 18.1. The molecule has 0 radical (unpaired) electrons. The molecule has 2 aromatic carbocycles. The summed E-state index contributed by atoms with van der Waals surface area (Å²) in [5, 5.41) is 12.0. The molecule has 5 heteroatoms. The largest absolute Gasteiger partial charge is 0.387 e. The van der Waals surface area contributed by atoms with E-state index >= 15 is 0 Å². The van der Waals surface area contributed by atoms with Crippen LogP contribution in [-0.2, 0) is 6.42 Å². The number of nitrogens with two attached hydrogens (primary N) is 1. The molecule has 0 saturated heterocycles. The highest BCUT2D eigenvalue weighted by Crippen LogP contribution is 2.29. The lowest BCUT2D eigenvalue weighted by molar-refractivity contribution is 0.121. The molecule has 1 unspecified atom stereocenters. The summed E-state index contributed by atoms with van der Waals surface area (Å²) in [6.45, 7) is 1.99. The second-order valence-electron chi connectivity index (χ2n) is 5.47. The van der Waals surface area contributed by atoms with E-state index in [4.69, 9.17) is 40.5 Å². The number of rotatable bonds is 5. The Kier molecular flexibility index (Phi) is 6.13. The molecule has 0 spiro atoms. The minimum absolute atomic E-state index is 0.0457. The van der Waals surface area contributed by atoms with Gasteiger partial charge in [-0.1, -0.05) is 66.0 Å². The van der Waals surface area contributed by atoms with Gasteiger partial charge in [0, 0.05) is 11.1 Å². The van der Waals surface area contributed by atoms with Crippen LogP contribution in [-0.4, -0.2) is 11.1 Å². The third-order valence-corrected chi connectivity index (χ3v) is 4.91. The van der Waals surface area contributed by atoms with Gasteiger partial charge in [0.15, 0.2) is 0 Å². The van der Waals surface area contributed by atoms with E-state index in [1.165, 1.54) is 0 Å². The van der Waals surface area contributed by atoms with E-state index in [1.807, 2.05) is 31.2 Å². The van der Waals surface area contributed by atoms with Crippen molar-refractivity contribution in [3.63, 3.8) is 0 Å². The van der Waals surface area contributed by atoms with Gasteiger partial charge in [-0.2, -0.15) is 0 Å². The van der Waals surface area contributed by atoms with Crippen LogP contribution in [0.25, 0.3) is 0 Å². The predicted octanol–water partition coefficient (Wildman–Crippen LogP) is 4.89. The highest BCUT2D eigenvalue weighted by Gasteiger charge is 2.24. The van der Waals surface area contributed by atoms with E-state index in [2.05, 4.69) is 0 Å². The van der Waals surface area contributed by atoms with E-state index in [-0.39, 0.29) is 5.92 Å². The van der Waals surface area contributed by atoms with E-state index in [1.54, 1.807) is 18.2 Å². The molecule has 0 amide bonds. The maximum absolute atomic E-state index is 10.5.